The van der Waals surface area contributed by atoms with Gasteiger partial charge in [0.2, 0.25) is 5.91 Å². The van der Waals surface area contributed by atoms with Gasteiger partial charge in [-0.25, -0.2) is 0 Å². The van der Waals surface area contributed by atoms with Crippen molar-refractivity contribution in [3.05, 3.63) is 0 Å². The molecule has 116 valence electrons. The van der Waals surface area contributed by atoms with Crippen molar-refractivity contribution < 1.29 is 18.0 Å². The van der Waals surface area contributed by atoms with Crippen molar-refractivity contribution in [1.82, 2.24) is 9.80 Å². The molecule has 20 heavy (non-hydrogen) atoms. The zero-order valence-electron chi connectivity index (χ0n) is 11.8. The van der Waals surface area contributed by atoms with E-state index in [-0.39, 0.29) is 18.4 Å². The van der Waals surface area contributed by atoms with E-state index < -0.39 is 12.6 Å². The Morgan fingerprint density at radius 3 is 2.40 bits per heavy atom. The fourth-order valence-electron chi connectivity index (χ4n) is 3.12. The van der Waals surface area contributed by atoms with E-state index in [0.717, 1.165) is 38.8 Å². The molecule has 2 rings (SSSR count). The Bertz CT molecular complexity index is 327. The molecule has 1 amide bonds. The Hall–Kier alpha value is -0.780. The highest BCUT2D eigenvalue weighted by Crippen LogP contribution is 2.24. The monoisotopic (exact) mass is 292 g/mol. The second kappa shape index (κ2) is 6.78. The van der Waals surface area contributed by atoms with Gasteiger partial charge in [-0.15, -0.1) is 0 Å². The molecule has 0 spiro atoms. The van der Waals surface area contributed by atoms with Gasteiger partial charge in [0, 0.05) is 26.2 Å². The predicted molar refractivity (Wildman–Crippen MR) is 70.3 cm³/mol. The minimum Gasteiger partial charge on any atom is -0.342 e. The first-order chi connectivity index (χ1) is 9.46. The van der Waals surface area contributed by atoms with E-state index in [1.54, 1.807) is 4.90 Å². The van der Waals surface area contributed by atoms with Crippen molar-refractivity contribution in [2.75, 3.05) is 32.7 Å². The van der Waals surface area contributed by atoms with Gasteiger partial charge in [0.25, 0.3) is 0 Å². The summed E-state index contributed by atoms with van der Waals surface area (Å²) < 4.78 is 36.8. The Labute approximate surface area is 118 Å². The SMILES string of the molecule is O=C(C1CCCN(CCC(F)(F)F)C1)N1CCCCC1. The Balaban J connectivity index is 1.81. The molecule has 0 aromatic heterocycles. The number of piperidine rings is 2. The minimum absolute atomic E-state index is 0.0211. The molecule has 0 radical (unpaired) electrons. The van der Waals surface area contributed by atoms with Crippen molar-refractivity contribution in [3.8, 4) is 0 Å². The molecule has 0 aromatic carbocycles. The third kappa shape index (κ3) is 4.65. The third-order valence-electron chi connectivity index (χ3n) is 4.23. The summed E-state index contributed by atoms with van der Waals surface area (Å²) in [6.07, 6.45) is 0.0278. The lowest BCUT2D eigenvalue weighted by atomic mass is 9.95. The number of nitrogens with zero attached hydrogens (tertiary/aromatic N) is 2. The number of hydrogen-bond acceptors (Lipinski definition) is 2. The summed E-state index contributed by atoms with van der Waals surface area (Å²) in [5.41, 5.74) is 0. The summed E-state index contributed by atoms with van der Waals surface area (Å²) >= 11 is 0. The number of likely N-dealkylation sites (tertiary alicyclic amines) is 2. The van der Waals surface area contributed by atoms with Crippen LogP contribution < -0.4 is 0 Å². The molecule has 3 nitrogen and oxygen atoms in total. The van der Waals surface area contributed by atoms with Crippen molar-refractivity contribution in [2.24, 2.45) is 5.92 Å². The molecule has 6 heteroatoms. The highest BCUT2D eigenvalue weighted by Gasteiger charge is 2.32. The van der Waals surface area contributed by atoms with Gasteiger partial charge in [-0.1, -0.05) is 0 Å². The summed E-state index contributed by atoms with van der Waals surface area (Å²) in [6.45, 7) is 2.83. The van der Waals surface area contributed by atoms with Crippen LogP contribution in [0.15, 0.2) is 0 Å². The molecule has 2 saturated heterocycles. The molecule has 0 N–H and O–H groups in total. The van der Waals surface area contributed by atoms with Crippen molar-refractivity contribution in [2.45, 2.75) is 44.7 Å². The van der Waals surface area contributed by atoms with Crippen molar-refractivity contribution in [3.63, 3.8) is 0 Å². The van der Waals surface area contributed by atoms with Crippen LogP contribution in [0.25, 0.3) is 0 Å². The van der Waals surface area contributed by atoms with Crippen LogP contribution in [0, 0.1) is 5.92 Å². The smallest absolute Gasteiger partial charge is 0.342 e. The molecule has 2 aliphatic rings. The molecule has 0 aromatic rings. The number of carbonyl (C=O) groups excluding carboxylic acids is 1. The molecule has 1 atom stereocenters. The van der Waals surface area contributed by atoms with Gasteiger partial charge in [0.15, 0.2) is 0 Å². The summed E-state index contributed by atoms with van der Waals surface area (Å²) in [4.78, 5) is 16.1. The third-order valence-corrected chi connectivity index (χ3v) is 4.23. The Morgan fingerprint density at radius 2 is 1.75 bits per heavy atom. The van der Waals surface area contributed by atoms with E-state index in [0.29, 0.717) is 13.1 Å². The molecule has 0 aliphatic carbocycles. The van der Waals surface area contributed by atoms with Crippen LogP contribution in [-0.2, 0) is 4.79 Å². The normalized spacial score (nSPS) is 25.8. The van der Waals surface area contributed by atoms with Crippen LogP contribution in [0.3, 0.4) is 0 Å². The largest absolute Gasteiger partial charge is 0.390 e. The van der Waals surface area contributed by atoms with E-state index in [4.69, 9.17) is 0 Å². The minimum atomic E-state index is -4.11. The number of alkyl halides is 3. The lowest BCUT2D eigenvalue weighted by Crippen LogP contribution is -2.46. The highest BCUT2D eigenvalue weighted by molar-refractivity contribution is 5.79. The van der Waals surface area contributed by atoms with Crippen LogP contribution in [-0.4, -0.2) is 54.6 Å². The second-order valence-electron chi connectivity index (χ2n) is 5.89. The second-order valence-corrected chi connectivity index (χ2v) is 5.89. The van der Waals surface area contributed by atoms with Crippen LogP contribution in [0.1, 0.15) is 38.5 Å². The maximum Gasteiger partial charge on any atom is 0.390 e. The zero-order valence-corrected chi connectivity index (χ0v) is 11.8. The topological polar surface area (TPSA) is 23.6 Å². The molecule has 2 aliphatic heterocycles. The number of rotatable bonds is 3. The van der Waals surface area contributed by atoms with Gasteiger partial charge >= 0.3 is 6.18 Å². The van der Waals surface area contributed by atoms with Crippen molar-refractivity contribution in [1.29, 1.82) is 0 Å². The zero-order chi connectivity index (χ0) is 14.6. The number of carbonyl (C=O) groups is 1. The van der Waals surface area contributed by atoms with Gasteiger partial charge < -0.3 is 9.80 Å². The van der Waals surface area contributed by atoms with Gasteiger partial charge in [-0.3, -0.25) is 4.79 Å². The van der Waals surface area contributed by atoms with Crippen LogP contribution in [0.5, 0.6) is 0 Å². The number of hydrogen-bond donors (Lipinski definition) is 0. The van der Waals surface area contributed by atoms with E-state index in [2.05, 4.69) is 0 Å². The maximum absolute atomic E-state index is 12.4. The van der Waals surface area contributed by atoms with Gasteiger partial charge in [-0.05, 0) is 38.6 Å². The van der Waals surface area contributed by atoms with Crippen LogP contribution in [0.4, 0.5) is 13.2 Å². The predicted octanol–water partition coefficient (Wildman–Crippen LogP) is 2.66. The lowest BCUT2D eigenvalue weighted by molar-refractivity contribution is -0.142. The summed E-state index contributed by atoms with van der Waals surface area (Å²) in [5, 5.41) is 0. The molecular formula is C14H23F3N2O. The van der Waals surface area contributed by atoms with Crippen LogP contribution >= 0.6 is 0 Å². The number of amides is 1. The summed E-state index contributed by atoms with van der Waals surface area (Å²) in [7, 11) is 0. The van der Waals surface area contributed by atoms with Gasteiger partial charge in [0.1, 0.15) is 0 Å². The van der Waals surface area contributed by atoms with Crippen LogP contribution in [0.2, 0.25) is 0 Å². The summed E-state index contributed by atoms with van der Waals surface area (Å²) in [5.74, 6) is 0.0523. The first-order valence-electron chi connectivity index (χ1n) is 7.53. The standard InChI is InChI=1S/C14H23F3N2O/c15-14(16,17)6-10-18-7-4-5-12(11-18)13(20)19-8-2-1-3-9-19/h12H,1-11H2. The lowest BCUT2D eigenvalue weighted by Gasteiger charge is -2.36. The fourth-order valence-corrected chi connectivity index (χ4v) is 3.12. The number of halogens is 3. The molecule has 1 unspecified atom stereocenters. The Morgan fingerprint density at radius 1 is 1.05 bits per heavy atom. The first kappa shape index (κ1) is 15.6. The van der Waals surface area contributed by atoms with Crippen molar-refractivity contribution >= 4 is 5.91 Å². The molecule has 2 heterocycles. The van der Waals surface area contributed by atoms with E-state index in [1.807, 2.05) is 4.90 Å². The molecule has 2 fully saturated rings. The maximum atomic E-state index is 12.4. The van der Waals surface area contributed by atoms with Gasteiger partial charge in [-0.2, -0.15) is 13.2 Å². The summed E-state index contributed by atoms with van der Waals surface area (Å²) in [6, 6.07) is 0. The Kier molecular flexibility index (Phi) is 5.29. The quantitative estimate of drug-likeness (QED) is 0.798. The average Bonchev–Trinajstić information content (AvgIpc) is 2.45. The first-order valence-corrected chi connectivity index (χ1v) is 7.53. The van der Waals surface area contributed by atoms with Gasteiger partial charge in [0.05, 0.1) is 12.3 Å². The average molecular weight is 292 g/mol. The molecule has 0 saturated carbocycles. The molecular weight excluding hydrogens is 269 g/mol. The van der Waals surface area contributed by atoms with E-state index in [1.165, 1.54) is 6.42 Å². The fraction of sp³-hybridized carbons (Fsp3) is 0.929. The van der Waals surface area contributed by atoms with E-state index >= 15 is 0 Å². The van der Waals surface area contributed by atoms with E-state index in [9.17, 15) is 18.0 Å². The highest BCUT2D eigenvalue weighted by atomic mass is 19.4. The molecule has 0 bridgehead atoms.